The van der Waals surface area contributed by atoms with Crippen LogP contribution < -0.4 is 9.64 Å². The predicted octanol–water partition coefficient (Wildman–Crippen LogP) is 24.5. The first kappa shape index (κ1) is 58.9. The number of fused-ring (bicyclic) bond motifs is 6. The van der Waals surface area contributed by atoms with Crippen LogP contribution in [0.3, 0.4) is 0 Å². The first-order chi connectivity index (χ1) is 45.1. The van der Waals surface area contributed by atoms with Crippen molar-refractivity contribution in [3.8, 4) is 67.1 Å². The fourth-order valence-corrected chi connectivity index (χ4v) is 14.0. The average Bonchev–Trinajstić information content (AvgIpc) is 1.55. The highest BCUT2D eigenvalue weighted by Crippen LogP contribution is 2.56. The van der Waals surface area contributed by atoms with Crippen LogP contribution in [0.4, 0.5) is 17.1 Å². The van der Waals surface area contributed by atoms with E-state index in [0.29, 0.717) is 6.61 Å². The van der Waals surface area contributed by atoms with Crippen molar-refractivity contribution < 1.29 is 4.74 Å². The molecule has 1 atom stereocenters. The average molecular weight is 1190 g/mol. The van der Waals surface area contributed by atoms with Crippen LogP contribution in [0.1, 0.15) is 91.8 Å². The summed E-state index contributed by atoms with van der Waals surface area (Å²) in [5.74, 6) is 0.908. The van der Waals surface area contributed by atoms with Gasteiger partial charge in [0.1, 0.15) is 5.75 Å². The number of rotatable bonds is 20. The molecule has 0 aliphatic heterocycles. The zero-order valence-corrected chi connectivity index (χ0v) is 53.0. The van der Waals surface area contributed by atoms with E-state index in [1.54, 1.807) is 0 Å². The molecule has 12 aromatic carbocycles. The van der Waals surface area contributed by atoms with E-state index in [1.807, 2.05) is 30.4 Å². The number of hydrogen-bond acceptors (Lipinski definition) is 2. The minimum atomic E-state index is -0.355. The quantitative estimate of drug-likeness (QED) is 0.0708. The van der Waals surface area contributed by atoms with Crippen LogP contribution in [0.15, 0.2) is 299 Å². The molecule has 1 aliphatic rings. The third-order valence-corrected chi connectivity index (χ3v) is 19.0. The molecule has 448 valence electrons. The van der Waals surface area contributed by atoms with Crippen molar-refractivity contribution in [2.75, 3.05) is 11.5 Å². The Hall–Kier alpha value is -10.7. The SMILES string of the molecule is C=Cc1ccc(OCCCCCCC2(c3ccccc3)c3ccccc3-c3ccc(N(c4ccc(-c5ccc(C(C)(C)C)cc5)cc4)c4ccc(-c5ccc6c(c5)c5cc(-c7ccc(C=C)cc7)ccc5n6-c5ccc(-c6ccc(C=C)cc6)cc5)cc4)cc32)cc1. The summed E-state index contributed by atoms with van der Waals surface area (Å²) in [6.45, 7) is 19.4. The molecule has 1 heterocycles. The number of unbranched alkanes of at least 4 members (excludes halogenated alkanes) is 3. The number of anilines is 3. The Morgan fingerprint density at radius 2 is 0.826 bits per heavy atom. The van der Waals surface area contributed by atoms with Crippen molar-refractivity contribution in [2.24, 2.45) is 0 Å². The van der Waals surface area contributed by atoms with Crippen molar-refractivity contribution in [1.82, 2.24) is 4.57 Å². The lowest BCUT2D eigenvalue weighted by Crippen LogP contribution is -2.27. The van der Waals surface area contributed by atoms with Gasteiger partial charge in [0.15, 0.2) is 0 Å². The van der Waals surface area contributed by atoms with Crippen LogP contribution in [-0.4, -0.2) is 11.2 Å². The molecular formula is C89H76N2O. The maximum atomic E-state index is 6.19. The number of benzene rings is 12. The van der Waals surface area contributed by atoms with E-state index in [-0.39, 0.29) is 10.8 Å². The Morgan fingerprint density at radius 1 is 0.391 bits per heavy atom. The van der Waals surface area contributed by atoms with Gasteiger partial charge in [-0.2, -0.15) is 0 Å². The van der Waals surface area contributed by atoms with Gasteiger partial charge in [-0.05, 0) is 198 Å². The lowest BCUT2D eigenvalue weighted by atomic mass is 9.69. The number of ether oxygens (including phenoxy) is 1. The predicted molar refractivity (Wildman–Crippen MR) is 393 cm³/mol. The molecule has 0 fully saturated rings. The van der Waals surface area contributed by atoms with Gasteiger partial charge < -0.3 is 14.2 Å². The molecule has 1 aromatic heterocycles. The Bertz CT molecular complexity index is 4800. The Morgan fingerprint density at radius 3 is 1.36 bits per heavy atom. The molecule has 3 heteroatoms. The molecule has 0 saturated carbocycles. The smallest absolute Gasteiger partial charge is 0.119 e. The summed E-state index contributed by atoms with van der Waals surface area (Å²) in [7, 11) is 0. The van der Waals surface area contributed by atoms with Gasteiger partial charge in [0.05, 0.1) is 17.6 Å². The number of nitrogens with zero attached hydrogens (tertiary/aromatic N) is 2. The Balaban J connectivity index is 0.839. The van der Waals surface area contributed by atoms with E-state index in [9.17, 15) is 0 Å². The number of hydrogen-bond donors (Lipinski definition) is 0. The summed E-state index contributed by atoms with van der Waals surface area (Å²) in [5.41, 5.74) is 27.2. The molecule has 0 radical (unpaired) electrons. The first-order valence-electron chi connectivity index (χ1n) is 32.5. The fourth-order valence-electron chi connectivity index (χ4n) is 14.0. The minimum absolute atomic E-state index is 0.0767. The molecule has 0 N–H and O–H groups in total. The van der Waals surface area contributed by atoms with Crippen LogP contribution in [0.5, 0.6) is 5.75 Å². The van der Waals surface area contributed by atoms with Crippen LogP contribution in [0.25, 0.3) is 101 Å². The lowest BCUT2D eigenvalue weighted by molar-refractivity contribution is 0.303. The molecule has 1 aliphatic carbocycles. The standard InChI is InChI=1S/C89H76N2O/c1-7-62-23-29-65(30-24-62)67-37-49-77(50-38-67)91-86-55-41-71(69-31-25-63(8-2)26-32-69)59-82(86)83-60-72(42-56-87(83)91)70-39-47-76(48-40-70)90(75-45-35-68(36-46-75)66-33-43-73(44-34-66)88(4,5)6)78-51-54-81-80-21-15-16-22-84(80)89(85(81)61-78,74-19-13-12-14-20-74)57-17-10-11-18-58-92-79-52-27-64(9-3)28-53-79/h7-9,12-16,19-56,59-61H,1-3,10-11,17-18,57-58H2,4-6H3. The third-order valence-electron chi connectivity index (χ3n) is 19.0. The van der Waals surface area contributed by atoms with Crippen LogP contribution in [-0.2, 0) is 10.8 Å². The molecule has 13 aromatic rings. The molecule has 3 nitrogen and oxygen atoms in total. The van der Waals surface area contributed by atoms with Gasteiger partial charge >= 0.3 is 0 Å². The summed E-state index contributed by atoms with van der Waals surface area (Å²) in [6, 6.07) is 104. The van der Waals surface area contributed by atoms with E-state index in [1.165, 1.54) is 77.5 Å². The fraction of sp³-hybridized carbons (Fsp3) is 0.124. The summed E-state index contributed by atoms with van der Waals surface area (Å²) in [6.07, 6.45) is 10.9. The zero-order chi connectivity index (χ0) is 62.8. The van der Waals surface area contributed by atoms with E-state index in [2.05, 4.69) is 317 Å². The highest BCUT2D eigenvalue weighted by atomic mass is 16.5. The second-order valence-corrected chi connectivity index (χ2v) is 25.6. The van der Waals surface area contributed by atoms with Gasteiger partial charge in [-0.1, -0.05) is 272 Å². The third kappa shape index (κ3) is 11.4. The van der Waals surface area contributed by atoms with Gasteiger partial charge in [-0.25, -0.2) is 0 Å². The van der Waals surface area contributed by atoms with Crippen molar-refractivity contribution in [2.45, 2.75) is 63.7 Å². The topological polar surface area (TPSA) is 17.4 Å². The highest BCUT2D eigenvalue weighted by Gasteiger charge is 2.44. The molecule has 92 heavy (non-hydrogen) atoms. The molecule has 0 saturated heterocycles. The molecule has 0 spiro atoms. The van der Waals surface area contributed by atoms with Crippen molar-refractivity contribution in [3.05, 3.63) is 338 Å². The Kier molecular flexibility index (Phi) is 16.2. The van der Waals surface area contributed by atoms with Crippen molar-refractivity contribution in [1.29, 1.82) is 0 Å². The van der Waals surface area contributed by atoms with Gasteiger partial charge in [-0.15, -0.1) is 0 Å². The second kappa shape index (κ2) is 25.3. The normalized spacial score (nSPS) is 13.4. The van der Waals surface area contributed by atoms with E-state index in [0.717, 1.165) is 99.5 Å². The molecule has 14 rings (SSSR count). The van der Waals surface area contributed by atoms with Gasteiger partial charge in [0.25, 0.3) is 0 Å². The maximum Gasteiger partial charge on any atom is 0.119 e. The second-order valence-electron chi connectivity index (χ2n) is 25.6. The minimum Gasteiger partial charge on any atom is -0.494 e. The largest absolute Gasteiger partial charge is 0.494 e. The maximum absolute atomic E-state index is 6.19. The van der Waals surface area contributed by atoms with E-state index in [4.69, 9.17) is 4.74 Å². The molecule has 0 bridgehead atoms. The van der Waals surface area contributed by atoms with E-state index >= 15 is 0 Å². The zero-order valence-electron chi connectivity index (χ0n) is 53.0. The monoisotopic (exact) mass is 1190 g/mol. The van der Waals surface area contributed by atoms with Gasteiger partial charge in [0.2, 0.25) is 0 Å². The van der Waals surface area contributed by atoms with Crippen LogP contribution in [0.2, 0.25) is 0 Å². The summed E-state index contributed by atoms with van der Waals surface area (Å²) < 4.78 is 8.61. The molecule has 0 amide bonds. The van der Waals surface area contributed by atoms with Crippen molar-refractivity contribution in [3.63, 3.8) is 0 Å². The molecule has 1 unspecified atom stereocenters. The molecular weight excluding hydrogens is 1110 g/mol. The van der Waals surface area contributed by atoms with Gasteiger partial charge in [0, 0.05) is 38.9 Å². The van der Waals surface area contributed by atoms with Gasteiger partial charge in [-0.3, -0.25) is 0 Å². The highest BCUT2D eigenvalue weighted by molar-refractivity contribution is 6.12. The van der Waals surface area contributed by atoms with Crippen LogP contribution in [0, 0.1) is 0 Å². The summed E-state index contributed by atoms with van der Waals surface area (Å²) in [5, 5.41) is 2.40. The van der Waals surface area contributed by atoms with E-state index < -0.39 is 0 Å². The summed E-state index contributed by atoms with van der Waals surface area (Å²) in [4.78, 5) is 2.46. The first-order valence-corrected chi connectivity index (χ1v) is 32.5. The van der Waals surface area contributed by atoms with Crippen molar-refractivity contribution >= 4 is 57.1 Å². The summed E-state index contributed by atoms with van der Waals surface area (Å²) >= 11 is 0. The Labute approximate surface area is 543 Å². The lowest BCUT2D eigenvalue weighted by Gasteiger charge is -2.34. The van der Waals surface area contributed by atoms with Crippen LogP contribution >= 0.6 is 0 Å². The number of aromatic nitrogens is 1.